The van der Waals surface area contributed by atoms with Crippen LogP contribution >= 0.6 is 0 Å². The number of hydrogen-bond donors (Lipinski definition) is 1. The van der Waals surface area contributed by atoms with Crippen molar-refractivity contribution in [3.8, 4) is 22.6 Å². The van der Waals surface area contributed by atoms with Crippen molar-refractivity contribution in [2.45, 2.75) is 25.4 Å². The third-order valence-electron chi connectivity index (χ3n) is 5.24. The van der Waals surface area contributed by atoms with Crippen LogP contribution in [0.1, 0.15) is 29.6 Å². The number of fused-ring (bicyclic) bond motifs is 1. The van der Waals surface area contributed by atoms with Crippen LogP contribution in [0.5, 0.6) is 0 Å². The summed E-state index contributed by atoms with van der Waals surface area (Å²) < 4.78 is 53.0. The van der Waals surface area contributed by atoms with Gasteiger partial charge in [0.1, 0.15) is 11.2 Å². The molecule has 0 saturated carbocycles. The van der Waals surface area contributed by atoms with Gasteiger partial charge in [0, 0.05) is 12.3 Å². The third-order valence-corrected chi connectivity index (χ3v) is 5.24. The summed E-state index contributed by atoms with van der Waals surface area (Å²) in [5.74, 6) is 0.177. The number of benzene rings is 1. The quantitative estimate of drug-likeness (QED) is 0.533. The number of H-pyrrole nitrogens is 1. The summed E-state index contributed by atoms with van der Waals surface area (Å²) in [6.07, 6.45) is -4.05. The van der Waals surface area contributed by atoms with Crippen LogP contribution in [-0.2, 0) is 10.9 Å². The second-order valence-electron chi connectivity index (χ2n) is 7.28. The minimum atomic E-state index is -4.76. The Morgan fingerprint density at radius 3 is 2.61 bits per heavy atom. The van der Waals surface area contributed by atoms with E-state index in [9.17, 15) is 18.0 Å². The van der Waals surface area contributed by atoms with E-state index in [1.165, 1.54) is 12.1 Å². The number of aryl methyl sites for hydroxylation is 1. The molecule has 3 aromatic heterocycles. The molecule has 1 saturated heterocycles. The van der Waals surface area contributed by atoms with Crippen molar-refractivity contribution in [2.24, 2.45) is 0 Å². The molecule has 8 nitrogen and oxygen atoms in total. The number of aromatic amines is 1. The Kier molecular flexibility index (Phi) is 4.43. The second-order valence-corrected chi connectivity index (χ2v) is 7.28. The predicted octanol–water partition coefficient (Wildman–Crippen LogP) is 3.57. The van der Waals surface area contributed by atoms with Gasteiger partial charge in [0.15, 0.2) is 5.69 Å². The van der Waals surface area contributed by atoms with Gasteiger partial charge in [-0.3, -0.25) is 4.79 Å². The van der Waals surface area contributed by atoms with Crippen LogP contribution in [0.15, 0.2) is 39.5 Å². The summed E-state index contributed by atoms with van der Waals surface area (Å²) >= 11 is 0. The van der Waals surface area contributed by atoms with Crippen molar-refractivity contribution in [3.63, 3.8) is 0 Å². The highest BCUT2D eigenvalue weighted by atomic mass is 19.4. The van der Waals surface area contributed by atoms with E-state index < -0.39 is 17.4 Å². The van der Waals surface area contributed by atoms with Crippen LogP contribution in [-0.4, -0.2) is 38.0 Å². The minimum Gasteiger partial charge on any atom is -0.420 e. The normalized spacial score (nSPS) is 17.0. The highest BCUT2D eigenvalue weighted by Gasteiger charge is 2.39. The lowest BCUT2D eigenvalue weighted by Crippen LogP contribution is -2.20. The van der Waals surface area contributed by atoms with Gasteiger partial charge in [-0.15, -0.1) is 10.2 Å². The molecule has 1 aliphatic heterocycles. The predicted molar refractivity (Wildman–Crippen MR) is 102 cm³/mol. The smallest absolute Gasteiger partial charge is 0.420 e. The van der Waals surface area contributed by atoms with E-state index in [2.05, 4.69) is 20.3 Å². The van der Waals surface area contributed by atoms with E-state index in [1.54, 1.807) is 25.1 Å². The summed E-state index contributed by atoms with van der Waals surface area (Å²) in [6.45, 7) is 2.57. The fourth-order valence-electron chi connectivity index (χ4n) is 3.75. The Bertz CT molecular complexity index is 1320. The summed E-state index contributed by atoms with van der Waals surface area (Å²) in [7, 11) is 0. The van der Waals surface area contributed by atoms with Crippen molar-refractivity contribution >= 4 is 5.65 Å². The summed E-state index contributed by atoms with van der Waals surface area (Å²) in [4.78, 5) is 16.0. The number of nitrogens with one attached hydrogen (secondary N) is 1. The first-order valence-corrected chi connectivity index (χ1v) is 9.54. The zero-order chi connectivity index (χ0) is 21.8. The maximum Gasteiger partial charge on any atom is 0.435 e. The Labute approximate surface area is 172 Å². The molecule has 1 aromatic carbocycles. The van der Waals surface area contributed by atoms with Crippen LogP contribution < -0.4 is 5.56 Å². The lowest BCUT2D eigenvalue weighted by molar-refractivity contribution is -0.140. The van der Waals surface area contributed by atoms with Crippen LogP contribution in [0.2, 0.25) is 0 Å². The first kappa shape index (κ1) is 19.5. The number of halogens is 3. The number of aromatic nitrogens is 5. The van der Waals surface area contributed by atoms with Crippen molar-refractivity contribution in [3.05, 3.63) is 58.0 Å². The number of nitrogens with zero attached hydrogens (tertiary/aromatic N) is 4. The lowest BCUT2D eigenvalue weighted by Gasteiger charge is -2.07. The monoisotopic (exact) mass is 431 g/mol. The van der Waals surface area contributed by atoms with Crippen molar-refractivity contribution in [1.82, 2.24) is 24.8 Å². The van der Waals surface area contributed by atoms with E-state index in [4.69, 9.17) is 9.15 Å². The van der Waals surface area contributed by atoms with Gasteiger partial charge in [0.2, 0.25) is 5.89 Å². The molecule has 0 aliphatic carbocycles. The van der Waals surface area contributed by atoms with Gasteiger partial charge in [-0.1, -0.05) is 30.3 Å². The van der Waals surface area contributed by atoms with E-state index in [0.29, 0.717) is 35.7 Å². The molecule has 0 amide bonds. The summed E-state index contributed by atoms with van der Waals surface area (Å²) in [5, 5.41) is 11.5. The molecular weight excluding hydrogens is 415 g/mol. The van der Waals surface area contributed by atoms with E-state index in [-0.39, 0.29) is 34.1 Å². The molecule has 5 rings (SSSR count). The van der Waals surface area contributed by atoms with Gasteiger partial charge >= 0.3 is 6.18 Å². The van der Waals surface area contributed by atoms with Crippen LogP contribution in [0.3, 0.4) is 0 Å². The molecule has 0 spiro atoms. The molecule has 1 fully saturated rings. The maximum absolute atomic E-state index is 13.8. The maximum atomic E-state index is 13.8. The largest absolute Gasteiger partial charge is 0.435 e. The van der Waals surface area contributed by atoms with Crippen molar-refractivity contribution in [1.29, 1.82) is 0 Å². The number of alkyl halides is 3. The van der Waals surface area contributed by atoms with Gasteiger partial charge in [-0.25, -0.2) is 0 Å². The third kappa shape index (κ3) is 3.21. The fraction of sp³-hybridized carbons (Fsp3) is 0.300. The molecule has 1 atom stereocenters. The molecule has 1 aliphatic rings. The lowest BCUT2D eigenvalue weighted by atomic mass is 10.1. The number of hydrogen-bond acceptors (Lipinski definition) is 6. The Morgan fingerprint density at radius 2 is 1.94 bits per heavy atom. The highest BCUT2D eigenvalue weighted by molar-refractivity contribution is 5.81. The van der Waals surface area contributed by atoms with Crippen molar-refractivity contribution in [2.75, 3.05) is 13.2 Å². The molecule has 1 N–H and O–H groups in total. The molecule has 1 unspecified atom stereocenters. The molecule has 0 radical (unpaired) electrons. The molecule has 31 heavy (non-hydrogen) atoms. The van der Waals surface area contributed by atoms with Gasteiger partial charge in [0.25, 0.3) is 11.4 Å². The zero-order valence-electron chi connectivity index (χ0n) is 16.2. The zero-order valence-corrected chi connectivity index (χ0v) is 16.2. The number of ether oxygens (including phenoxy) is 1. The average molecular weight is 431 g/mol. The number of rotatable bonds is 3. The standard InChI is InChI=1S/C20H16F3N5O3/c1-10-13(18-26-25-17(31-18)12-7-8-30-9-12)19(29)28-16(24-10)14(11-5-3-2-4-6-11)15(27-28)20(21,22)23/h2-6,12,24H,7-9H2,1H3. The van der Waals surface area contributed by atoms with Gasteiger partial charge in [-0.05, 0) is 18.9 Å². The van der Waals surface area contributed by atoms with Gasteiger partial charge in [-0.2, -0.15) is 22.8 Å². The first-order chi connectivity index (χ1) is 14.8. The second kappa shape index (κ2) is 7.05. The van der Waals surface area contributed by atoms with E-state index >= 15 is 0 Å². The molecule has 160 valence electrons. The Morgan fingerprint density at radius 1 is 1.16 bits per heavy atom. The van der Waals surface area contributed by atoms with Gasteiger partial charge in [0.05, 0.1) is 18.1 Å². The minimum absolute atomic E-state index is 0.0269. The SMILES string of the molecule is Cc1[nH]c2c(-c3ccccc3)c(C(F)(F)F)nn2c(=O)c1-c1nnc(C2CCOC2)o1. The average Bonchev–Trinajstić information content (AvgIpc) is 3.47. The molecule has 0 bridgehead atoms. The van der Waals surface area contributed by atoms with Crippen molar-refractivity contribution < 1.29 is 22.3 Å². The Hall–Kier alpha value is -3.47. The molecule has 11 heteroatoms. The van der Waals surface area contributed by atoms with E-state index in [1.807, 2.05) is 0 Å². The molecule has 4 aromatic rings. The van der Waals surface area contributed by atoms with Crippen LogP contribution in [0, 0.1) is 6.92 Å². The van der Waals surface area contributed by atoms with Crippen LogP contribution in [0.25, 0.3) is 28.2 Å². The van der Waals surface area contributed by atoms with E-state index in [0.717, 1.165) is 0 Å². The highest BCUT2D eigenvalue weighted by Crippen LogP contribution is 2.38. The first-order valence-electron chi connectivity index (χ1n) is 9.54. The topological polar surface area (TPSA) is 98.3 Å². The molecular formula is C20H16F3N5O3. The van der Waals surface area contributed by atoms with Crippen LogP contribution in [0.4, 0.5) is 13.2 Å². The van der Waals surface area contributed by atoms with Gasteiger partial charge < -0.3 is 14.1 Å². The fourth-order valence-corrected chi connectivity index (χ4v) is 3.75. The molecule has 4 heterocycles. The summed E-state index contributed by atoms with van der Waals surface area (Å²) in [5.41, 5.74) is -1.64. The summed E-state index contributed by atoms with van der Waals surface area (Å²) in [6, 6.07) is 7.98. The Balaban J connectivity index is 1.73.